The molecule has 0 radical (unpaired) electrons. The van der Waals surface area contributed by atoms with Crippen LogP contribution in [0, 0.1) is 5.92 Å². The van der Waals surface area contributed by atoms with Crippen molar-refractivity contribution in [2.45, 2.75) is 37.1 Å². The van der Waals surface area contributed by atoms with Crippen molar-refractivity contribution in [2.75, 3.05) is 10.6 Å². The molecule has 10 heteroatoms. The zero-order valence-corrected chi connectivity index (χ0v) is 17.2. The first-order chi connectivity index (χ1) is 13.2. The molecule has 2 atom stereocenters. The molecule has 0 fully saturated rings. The Balaban J connectivity index is 1.76. The van der Waals surface area contributed by atoms with Crippen LogP contribution in [0.15, 0.2) is 39.9 Å². The van der Waals surface area contributed by atoms with E-state index in [2.05, 4.69) is 15.4 Å². The Kier molecular flexibility index (Phi) is 5.73. The van der Waals surface area contributed by atoms with Crippen LogP contribution >= 0.6 is 11.3 Å². The summed E-state index contributed by atoms with van der Waals surface area (Å²) in [6.45, 7) is 5.15. The van der Waals surface area contributed by atoms with Crippen LogP contribution in [0.5, 0.6) is 5.75 Å². The van der Waals surface area contributed by atoms with Gasteiger partial charge in [-0.25, -0.2) is 8.42 Å². The molecule has 2 amide bonds. The highest BCUT2D eigenvalue weighted by Crippen LogP contribution is 2.32. The summed E-state index contributed by atoms with van der Waals surface area (Å²) in [6.07, 6.45) is -0.593. The van der Waals surface area contributed by atoms with Gasteiger partial charge in [-0.15, -0.1) is 11.3 Å². The van der Waals surface area contributed by atoms with Gasteiger partial charge in [-0.2, -0.15) is 4.72 Å². The molecule has 150 valence electrons. The quantitative estimate of drug-likeness (QED) is 0.660. The van der Waals surface area contributed by atoms with Crippen molar-refractivity contribution in [3.05, 3.63) is 35.7 Å². The maximum absolute atomic E-state index is 12.7. The molecule has 2 aromatic rings. The van der Waals surface area contributed by atoms with Crippen molar-refractivity contribution < 1.29 is 22.7 Å². The van der Waals surface area contributed by atoms with Crippen LogP contribution in [0.4, 0.5) is 11.4 Å². The number of nitrogens with one attached hydrogen (secondary N) is 3. The van der Waals surface area contributed by atoms with E-state index in [1.807, 2.05) is 0 Å². The molecule has 2 heterocycles. The molecule has 1 aromatic heterocycles. The van der Waals surface area contributed by atoms with Crippen molar-refractivity contribution in [1.82, 2.24) is 4.72 Å². The number of fused-ring (bicyclic) bond motifs is 1. The Hall–Kier alpha value is -2.43. The number of carbonyl (C=O) groups excluding carboxylic acids is 2. The number of hydrogen-bond donors (Lipinski definition) is 3. The molecular weight excluding hydrogens is 402 g/mol. The van der Waals surface area contributed by atoms with Crippen LogP contribution in [0.1, 0.15) is 20.8 Å². The lowest BCUT2D eigenvalue weighted by atomic mass is 10.0. The molecule has 3 N–H and O–H groups in total. The lowest BCUT2D eigenvalue weighted by Gasteiger charge is -2.24. The summed E-state index contributed by atoms with van der Waals surface area (Å²) in [5, 5.41) is 7.06. The van der Waals surface area contributed by atoms with Crippen molar-refractivity contribution in [1.29, 1.82) is 0 Å². The molecule has 28 heavy (non-hydrogen) atoms. The Bertz CT molecular complexity index is 987. The predicted octanol–water partition coefficient (Wildman–Crippen LogP) is 2.41. The molecular formula is C18H21N3O5S2. The maximum Gasteiger partial charge on any atom is 0.265 e. The van der Waals surface area contributed by atoms with Gasteiger partial charge in [0.25, 0.3) is 15.9 Å². The van der Waals surface area contributed by atoms with Crippen LogP contribution in [0.3, 0.4) is 0 Å². The molecule has 1 aliphatic rings. The second-order valence-corrected chi connectivity index (χ2v) is 9.61. The molecule has 1 aromatic carbocycles. The number of thiophene rings is 1. The minimum Gasteiger partial charge on any atom is -0.479 e. The third-order valence-electron chi connectivity index (χ3n) is 4.17. The number of carbonyl (C=O) groups is 2. The van der Waals surface area contributed by atoms with Gasteiger partial charge in [0.15, 0.2) is 6.10 Å². The monoisotopic (exact) mass is 423 g/mol. The predicted molar refractivity (Wildman–Crippen MR) is 107 cm³/mol. The topological polar surface area (TPSA) is 114 Å². The van der Waals surface area contributed by atoms with Crippen LogP contribution < -0.4 is 20.1 Å². The minimum absolute atomic E-state index is 0.147. The molecule has 0 aliphatic carbocycles. The highest BCUT2D eigenvalue weighted by Gasteiger charge is 2.29. The molecule has 8 nitrogen and oxygen atoms in total. The fourth-order valence-electron chi connectivity index (χ4n) is 2.64. The second kappa shape index (κ2) is 7.90. The van der Waals surface area contributed by atoms with Gasteiger partial charge in [-0.3, -0.25) is 9.59 Å². The third kappa shape index (κ3) is 4.34. The van der Waals surface area contributed by atoms with Gasteiger partial charge >= 0.3 is 0 Å². The van der Waals surface area contributed by atoms with Gasteiger partial charge < -0.3 is 15.4 Å². The van der Waals surface area contributed by atoms with Crippen LogP contribution in [-0.4, -0.2) is 32.4 Å². The third-order valence-corrected chi connectivity index (χ3v) is 7.01. The van der Waals surface area contributed by atoms with Gasteiger partial charge in [0, 0.05) is 5.69 Å². The Morgan fingerprint density at radius 2 is 2.04 bits per heavy atom. The standard InChI is InChI=1S/C18H21N3O5S2/c1-10(2)16(21-28(24,25)15-5-4-8-27-15)18(23)19-12-6-7-14-13(9-12)20-17(22)11(3)26-14/h4-11,16,21H,1-3H3,(H,19,23)(H,20,22)/t11-,16-/m1/s1. The molecule has 0 unspecified atom stereocenters. The van der Waals surface area contributed by atoms with E-state index in [9.17, 15) is 18.0 Å². The van der Waals surface area contributed by atoms with E-state index in [1.54, 1.807) is 50.4 Å². The highest BCUT2D eigenvalue weighted by molar-refractivity contribution is 7.91. The van der Waals surface area contributed by atoms with Crippen molar-refractivity contribution in [3.63, 3.8) is 0 Å². The van der Waals surface area contributed by atoms with Crippen LogP contribution in [0.25, 0.3) is 0 Å². The Morgan fingerprint density at radius 3 is 2.68 bits per heavy atom. The normalized spacial score (nSPS) is 17.4. The summed E-state index contributed by atoms with van der Waals surface area (Å²) in [5.41, 5.74) is 0.865. The number of amides is 2. The van der Waals surface area contributed by atoms with E-state index in [0.29, 0.717) is 17.1 Å². The van der Waals surface area contributed by atoms with Gasteiger partial charge in [-0.05, 0) is 42.5 Å². The van der Waals surface area contributed by atoms with E-state index in [1.165, 1.54) is 6.07 Å². The summed E-state index contributed by atoms with van der Waals surface area (Å²) in [6, 6.07) is 6.99. The SMILES string of the molecule is CC(C)[C@@H](NS(=O)(=O)c1cccs1)C(=O)Nc1ccc2c(c1)NC(=O)[C@@H](C)O2. The molecule has 0 spiro atoms. The van der Waals surface area contributed by atoms with E-state index >= 15 is 0 Å². The number of hydrogen-bond acceptors (Lipinski definition) is 6. The largest absolute Gasteiger partial charge is 0.479 e. The number of sulfonamides is 1. The van der Waals surface area contributed by atoms with E-state index in [4.69, 9.17) is 4.74 Å². The van der Waals surface area contributed by atoms with E-state index in [-0.39, 0.29) is 16.0 Å². The first-order valence-corrected chi connectivity index (χ1v) is 11.0. The Morgan fingerprint density at radius 1 is 1.29 bits per heavy atom. The zero-order valence-electron chi connectivity index (χ0n) is 15.6. The Labute approximate surface area is 167 Å². The van der Waals surface area contributed by atoms with Gasteiger partial charge in [0.1, 0.15) is 16.0 Å². The van der Waals surface area contributed by atoms with Crippen LogP contribution in [-0.2, 0) is 19.6 Å². The highest BCUT2D eigenvalue weighted by atomic mass is 32.2. The minimum atomic E-state index is -3.80. The number of benzene rings is 1. The molecule has 1 aliphatic heterocycles. The maximum atomic E-state index is 12.7. The summed E-state index contributed by atoms with van der Waals surface area (Å²) in [7, 11) is -3.80. The number of ether oxygens (including phenoxy) is 1. The number of anilines is 2. The number of rotatable bonds is 6. The van der Waals surface area contributed by atoms with E-state index in [0.717, 1.165) is 11.3 Å². The fraction of sp³-hybridized carbons (Fsp3) is 0.333. The smallest absolute Gasteiger partial charge is 0.265 e. The first-order valence-electron chi connectivity index (χ1n) is 8.65. The molecule has 0 bridgehead atoms. The lowest BCUT2D eigenvalue weighted by molar-refractivity contribution is -0.122. The average molecular weight is 424 g/mol. The summed E-state index contributed by atoms with van der Waals surface area (Å²) in [4.78, 5) is 24.5. The van der Waals surface area contributed by atoms with Crippen molar-refractivity contribution in [2.24, 2.45) is 5.92 Å². The molecule has 0 saturated carbocycles. The van der Waals surface area contributed by atoms with Gasteiger partial charge in [-0.1, -0.05) is 19.9 Å². The molecule has 0 saturated heterocycles. The lowest BCUT2D eigenvalue weighted by Crippen LogP contribution is -2.46. The van der Waals surface area contributed by atoms with Gasteiger partial charge in [0.2, 0.25) is 5.91 Å². The zero-order chi connectivity index (χ0) is 20.5. The fourth-order valence-corrected chi connectivity index (χ4v) is 4.99. The van der Waals surface area contributed by atoms with Crippen molar-refractivity contribution >= 4 is 44.5 Å². The first kappa shape index (κ1) is 20.3. The summed E-state index contributed by atoms with van der Waals surface area (Å²) >= 11 is 1.08. The summed E-state index contributed by atoms with van der Waals surface area (Å²) < 4.78 is 33.1. The van der Waals surface area contributed by atoms with Gasteiger partial charge in [0.05, 0.1) is 5.69 Å². The average Bonchev–Trinajstić information content (AvgIpc) is 3.16. The van der Waals surface area contributed by atoms with E-state index < -0.39 is 28.1 Å². The second-order valence-electron chi connectivity index (χ2n) is 6.72. The summed E-state index contributed by atoms with van der Waals surface area (Å²) in [5.74, 6) is -0.550. The van der Waals surface area contributed by atoms with Crippen LogP contribution in [0.2, 0.25) is 0 Å². The molecule has 3 rings (SSSR count). The van der Waals surface area contributed by atoms with Crippen molar-refractivity contribution in [3.8, 4) is 5.75 Å².